The van der Waals surface area contributed by atoms with Crippen molar-refractivity contribution in [3.8, 4) is 11.5 Å². The van der Waals surface area contributed by atoms with E-state index in [9.17, 15) is 31.6 Å². The van der Waals surface area contributed by atoms with Gasteiger partial charge in [-0.3, -0.25) is 4.72 Å². The van der Waals surface area contributed by atoms with Crippen LogP contribution in [0.4, 0.5) is 11.4 Å². The maximum atomic E-state index is 12.7. The Balaban J connectivity index is 1.44. The molecule has 4 rings (SSSR count). The lowest BCUT2D eigenvalue weighted by atomic mass is 10.1. The van der Waals surface area contributed by atoms with Crippen LogP contribution in [0.3, 0.4) is 0 Å². The van der Waals surface area contributed by atoms with Gasteiger partial charge in [0, 0.05) is 6.54 Å². The van der Waals surface area contributed by atoms with E-state index in [0.717, 1.165) is 5.56 Å². The Hall–Kier alpha value is -4.59. The van der Waals surface area contributed by atoms with E-state index in [1.165, 1.54) is 54.6 Å². The first-order chi connectivity index (χ1) is 19.0. The number of nitroso groups, excluding NO2 is 1. The Bertz CT molecular complexity index is 1750. The molecular weight excluding hydrogens is 558 g/mol. The van der Waals surface area contributed by atoms with E-state index in [4.69, 9.17) is 4.74 Å². The molecule has 0 aliphatic heterocycles. The molecule has 4 aromatic carbocycles. The summed E-state index contributed by atoms with van der Waals surface area (Å²) in [6, 6.07) is 21.6. The molecule has 0 aliphatic rings. The molecule has 13 heteroatoms. The average molecular weight is 582 g/mol. The Labute approximate surface area is 230 Å². The summed E-state index contributed by atoms with van der Waals surface area (Å²) in [5.74, 6) is -0.864. The van der Waals surface area contributed by atoms with Crippen LogP contribution in [0, 0.1) is 11.8 Å². The number of sulfonamides is 2. The van der Waals surface area contributed by atoms with Gasteiger partial charge in [0.1, 0.15) is 17.2 Å². The van der Waals surface area contributed by atoms with Gasteiger partial charge >= 0.3 is 5.97 Å². The Kier molecular flexibility index (Phi) is 8.28. The van der Waals surface area contributed by atoms with Gasteiger partial charge in [-0.15, -0.1) is 4.91 Å². The third kappa shape index (κ3) is 6.88. The minimum Gasteiger partial charge on any atom is -0.478 e. The number of ether oxygens (including phenoxy) is 1. The van der Waals surface area contributed by atoms with Crippen LogP contribution >= 0.6 is 0 Å². The van der Waals surface area contributed by atoms with E-state index in [0.29, 0.717) is 11.3 Å². The molecule has 0 fully saturated rings. The number of carboxylic acid groups (broad SMARTS) is 1. The zero-order chi connectivity index (χ0) is 28.9. The van der Waals surface area contributed by atoms with E-state index in [-0.39, 0.29) is 39.0 Å². The fourth-order valence-electron chi connectivity index (χ4n) is 3.53. The largest absolute Gasteiger partial charge is 0.478 e. The average Bonchev–Trinajstić information content (AvgIpc) is 2.93. The monoisotopic (exact) mass is 581 g/mol. The number of benzene rings is 4. The van der Waals surface area contributed by atoms with Crippen LogP contribution in [0.15, 0.2) is 106 Å². The number of aryl methyl sites for hydroxylation is 1. The second kappa shape index (κ2) is 11.7. The second-order valence-corrected chi connectivity index (χ2v) is 12.0. The summed E-state index contributed by atoms with van der Waals surface area (Å²) < 4.78 is 60.9. The maximum absolute atomic E-state index is 12.7. The van der Waals surface area contributed by atoms with Crippen LogP contribution in [0.1, 0.15) is 21.5 Å². The zero-order valence-corrected chi connectivity index (χ0v) is 22.6. The minimum atomic E-state index is -4.02. The van der Waals surface area contributed by atoms with Gasteiger partial charge in [-0.1, -0.05) is 29.8 Å². The van der Waals surface area contributed by atoms with Crippen LogP contribution in [0.25, 0.3) is 0 Å². The standard InChI is InChI=1S/C27H23N3O8S2/c1-18-2-11-24(12-3-18)40(36,37)30-26-15-10-22(16-25(26)27(31)32)38-21-8-4-19(5-9-21)17-28-39(34,35)23-13-6-20(29-33)7-14-23/h2-16,28,30H,17H2,1H3,(H,31,32). The van der Waals surface area contributed by atoms with Gasteiger partial charge in [-0.05, 0) is 84.4 Å². The summed E-state index contributed by atoms with van der Waals surface area (Å²) in [6.45, 7) is 1.80. The van der Waals surface area contributed by atoms with Crippen molar-refractivity contribution >= 4 is 37.4 Å². The highest BCUT2D eigenvalue weighted by Gasteiger charge is 2.20. The van der Waals surface area contributed by atoms with E-state index >= 15 is 0 Å². The first-order valence-corrected chi connectivity index (χ1v) is 14.6. The van der Waals surface area contributed by atoms with Crippen LogP contribution in [-0.2, 0) is 26.6 Å². The normalized spacial score (nSPS) is 11.5. The van der Waals surface area contributed by atoms with Gasteiger partial charge in [-0.2, -0.15) is 0 Å². The van der Waals surface area contributed by atoms with Crippen molar-refractivity contribution in [3.05, 3.63) is 113 Å². The summed E-state index contributed by atoms with van der Waals surface area (Å²) in [5, 5.41) is 12.4. The molecule has 0 aliphatic carbocycles. The van der Waals surface area contributed by atoms with E-state index in [1.807, 2.05) is 6.92 Å². The quantitative estimate of drug-likeness (QED) is 0.204. The van der Waals surface area contributed by atoms with Gasteiger partial charge in [0.25, 0.3) is 10.0 Å². The third-order valence-electron chi connectivity index (χ3n) is 5.67. The van der Waals surface area contributed by atoms with Gasteiger partial charge in [-0.25, -0.2) is 26.4 Å². The molecule has 0 heterocycles. The SMILES string of the molecule is Cc1ccc(S(=O)(=O)Nc2ccc(Oc3ccc(CNS(=O)(=O)c4ccc(N=O)cc4)cc3)cc2C(=O)O)cc1. The van der Waals surface area contributed by atoms with Crippen LogP contribution in [-0.4, -0.2) is 27.9 Å². The zero-order valence-electron chi connectivity index (χ0n) is 20.9. The fraction of sp³-hybridized carbons (Fsp3) is 0.0741. The molecule has 40 heavy (non-hydrogen) atoms. The van der Waals surface area contributed by atoms with Crippen LogP contribution in [0.5, 0.6) is 11.5 Å². The highest BCUT2D eigenvalue weighted by Crippen LogP contribution is 2.29. The van der Waals surface area contributed by atoms with E-state index in [1.54, 1.807) is 36.4 Å². The topological polar surface area (TPSA) is 168 Å². The molecule has 0 unspecified atom stereocenters. The summed E-state index contributed by atoms with van der Waals surface area (Å²) in [4.78, 5) is 22.4. The first kappa shape index (κ1) is 28.4. The highest BCUT2D eigenvalue weighted by molar-refractivity contribution is 7.92. The molecule has 11 nitrogen and oxygen atoms in total. The Morgan fingerprint density at radius 3 is 1.98 bits per heavy atom. The second-order valence-electron chi connectivity index (χ2n) is 8.59. The van der Waals surface area contributed by atoms with Gasteiger partial charge < -0.3 is 9.84 Å². The number of anilines is 1. The molecule has 0 amide bonds. The van der Waals surface area contributed by atoms with Crippen molar-refractivity contribution < 1.29 is 31.5 Å². The molecule has 0 aromatic heterocycles. The molecular formula is C27H23N3O8S2. The lowest BCUT2D eigenvalue weighted by Gasteiger charge is -2.13. The molecule has 4 aromatic rings. The van der Waals surface area contributed by atoms with Gasteiger partial charge in [0.2, 0.25) is 10.0 Å². The predicted molar refractivity (Wildman–Crippen MR) is 148 cm³/mol. The predicted octanol–water partition coefficient (Wildman–Crippen LogP) is 5.16. The van der Waals surface area contributed by atoms with E-state index in [2.05, 4.69) is 14.6 Å². The van der Waals surface area contributed by atoms with Crippen molar-refractivity contribution in [1.29, 1.82) is 0 Å². The molecule has 0 radical (unpaired) electrons. The van der Waals surface area contributed by atoms with Crippen LogP contribution in [0.2, 0.25) is 0 Å². The lowest BCUT2D eigenvalue weighted by molar-refractivity contribution is 0.0697. The van der Waals surface area contributed by atoms with Crippen molar-refractivity contribution in [2.45, 2.75) is 23.3 Å². The first-order valence-electron chi connectivity index (χ1n) is 11.6. The molecule has 0 bridgehead atoms. The number of rotatable bonds is 11. The smallest absolute Gasteiger partial charge is 0.337 e. The Morgan fingerprint density at radius 1 is 0.800 bits per heavy atom. The molecule has 0 atom stereocenters. The maximum Gasteiger partial charge on any atom is 0.337 e. The van der Waals surface area contributed by atoms with Crippen molar-refractivity contribution in [2.75, 3.05) is 4.72 Å². The summed E-state index contributed by atoms with van der Waals surface area (Å²) in [6.07, 6.45) is 0. The van der Waals surface area contributed by atoms with Crippen molar-refractivity contribution in [2.24, 2.45) is 5.18 Å². The lowest BCUT2D eigenvalue weighted by Crippen LogP contribution is -2.23. The van der Waals surface area contributed by atoms with Crippen molar-refractivity contribution in [3.63, 3.8) is 0 Å². The summed E-state index contributed by atoms with van der Waals surface area (Å²) in [7, 11) is -7.84. The number of nitrogens with one attached hydrogen (secondary N) is 2. The van der Waals surface area contributed by atoms with Gasteiger partial charge in [0.05, 0.1) is 21.0 Å². The number of aromatic carboxylic acids is 1. The van der Waals surface area contributed by atoms with Crippen molar-refractivity contribution in [1.82, 2.24) is 4.72 Å². The summed E-state index contributed by atoms with van der Waals surface area (Å²) in [5.41, 5.74) is 1.18. The minimum absolute atomic E-state index is 0.00903. The molecule has 0 saturated carbocycles. The Morgan fingerprint density at radius 2 is 1.38 bits per heavy atom. The number of hydrogen-bond donors (Lipinski definition) is 3. The molecule has 3 N–H and O–H groups in total. The van der Waals surface area contributed by atoms with Crippen LogP contribution < -0.4 is 14.2 Å². The highest BCUT2D eigenvalue weighted by atomic mass is 32.2. The summed E-state index contributed by atoms with van der Waals surface area (Å²) >= 11 is 0. The fourth-order valence-corrected chi connectivity index (χ4v) is 5.63. The molecule has 0 spiro atoms. The molecule has 0 saturated heterocycles. The van der Waals surface area contributed by atoms with Gasteiger partial charge in [0.15, 0.2) is 0 Å². The third-order valence-corrected chi connectivity index (χ3v) is 8.47. The van der Waals surface area contributed by atoms with E-state index < -0.39 is 26.0 Å². The molecule has 206 valence electrons. The number of hydrogen-bond acceptors (Lipinski definition) is 8. The number of carbonyl (C=O) groups is 1. The number of nitrogens with zero attached hydrogens (tertiary/aromatic N) is 1. The number of carboxylic acids is 1.